The standard InChI is InChI=1S/C16H18N2O3.ClH/c1-11-7-15(21-3)13(8-14(11)20-2)10-18-16(19)12-5-4-6-17-9-12;/h4-9H,10H2,1-3H3,(H,18,19);1H. The van der Waals surface area contributed by atoms with Crippen molar-refractivity contribution in [2.75, 3.05) is 14.2 Å². The number of hydrogen-bond donors (Lipinski definition) is 1. The Hall–Kier alpha value is -2.27. The molecular formula is C16H19ClN2O3. The second-order valence-electron chi connectivity index (χ2n) is 4.56. The first-order valence-corrected chi connectivity index (χ1v) is 6.55. The molecule has 0 atom stereocenters. The Morgan fingerprint density at radius 1 is 1.23 bits per heavy atom. The molecule has 1 aromatic carbocycles. The first-order chi connectivity index (χ1) is 10.2. The number of pyridine rings is 1. The maximum atomic E-state index is 12.0. The monoisotopic (exact) mass is 322 g/mol. The average Bonchev–Trinajstić information content (AvgIpc) is 2.53. The molecule has 1 amide bonds. The third-order valence-electron chi connectivity index (χ3n) is 3.16. The van der Waals surface area contributed by atoms with Crippen LogP contribution in [0.4, 0.5) is 0 Å². The van der Waals surface area contributed by atoms with E-state index in [4.69, 9.17) is 9.47 Å². The summed E-state index contributed by atoms with van der Waals surface area (Å²) in [5.41, 5.74) is 2.37. The normalized spacial score (nSPS) is 9.59. The highest BCUT2D eigenvalue weighted by Crippen LogP contribution is 2.28. The number of nitrogens with one attached hydrogen (secondary N) is 1. The molecular weight excluding hydrogens is 304 g/mol. The Morgan fingerprint density at radius 3 is 2.55 bits per heavy atom. The van der Waals surface area contributed by atoms with Crippen LogP contribution >= 0.6 is 12.4 Å². The molecule has 0 radical (unpaired) electrons. The fraction of sp³-hybridized carbons (Fsp3) is 0.250. The van der Waals surface area contributed by atoms with Gasteiger partial charge >= 0.3 is 0 Å². The van der Waals surface area contributed by atoms with E-state index in [1.54, 1.807) is 32.5 Å². The topological polar surface area (TPSA) is 60.5 Å². The van der Waals surface area contributed by atoms with E-state index in [9.17, 15) is 4.79 Å². The molecule has 1 N–H and O–H groups in total. The lowest BCUT2D eigenvalue weighted by atomic mass is 10.1. The van der Waals surface area contributed by atoms with Crippen molar-refractivity contribution in [3.63, 3.8) is 0 Å². The molecule has 0 saturated carbocycles. The molecule has 0 unspecified atom stereocenters. The molecule has 2 aromatic rings. The molecule has 1 heterocycles. The van der Waals surface area contributed by atoms with Gasteiger partial charge in [-0.15, -0.1) is 12.4 Å². The smallest absolute Gasteiger partial charge is 0.253 e. The third-order valence-corrected chi connectivity index (χ3v) is 3.16. The van der Waals surface area contributed by atoms with Crippen molar-refractivity contribution >= 4 is 18.3 Å². The van der Waals surface area contributed by atoms with Crippen LogP contribution in [-0.4, -0.2) is 25.1 Å². The van der Waals surface area contributed by atoms with Crippen LogP contribution in [0.15, 0.2) is 36.7 Å². The first kappa shape index (κ1) is 17.8. The van der Waals surface area contributed by atoms with Crippen LogP contribution in [0.25, 0.3) is 0 Å². The third kappa shape index (κ3) is 4.11. The number of carbonyl (C=O) groups is 1. The van der Waals surface area contributed by atoms with Gasteiger partial charge in [0.2, 0.25) is 0 Å². The maximum Gasteiger partial charge on any atom is 0.253 e. The van der Waals surface area contributed by atoms with Crippen LogP contribution in [0, 0.1) is 6.92 Å². The maximum absolute atomic E-state index is 12.0. The summed E-state index contributed by atoms with van der Waals surface area (Å²) >= 11 is 0. The Balaban J connectivity index is 0.00000242. The molecule has 0 bridgehead atoms. The zero-order valence-electron chi connectivity index (χ0n) is 12.8. The van der Waals surface area contributed by atoms with Gasteiger partial charge in [0, 0.05) is 24.5 Å². The predicted molar refractivity (Wildman–Crippen MR) is 86.9 cm³/mol. The van der Waals surface area contributed by atoms with E-state index in [-0.39, 0.29) is 18.3 Å². The molecule has 0 saturated heterocycles. The number of hydrogen-bond acceptors (Lipinski definition) is 4. The van der Waals surface area contributed by atoms with E-state index in [1.165, 1.54) is 6.20 Å². The minimum atomic E-state index is -0.176. The van der Waals surface area contributed by atoms with Gasteiger partial charge in [-0.25, -0.2) is 0 Å². The van der Waals surface area contributed by atoms with Crippen LogP contribution in [0.3, 0.4) is 0 Å². The number of benzene rings is 1. The highest BCUT2D eigenvalue weighted by Gasteiger charge is 2.11. The predicted octanol–water partition coefficient (Wildman–Crippen LogP) is 2.76. The number of halogens is 1. The zero-order chi connectivity index (χ0) is 15.2. The van der Waals surface area contributed by atoms with Gasteiger partial charge in [0.15, 0.2) is 0 Å². The summed E-state index contributed by atoms with van der Waals surface area (Å²) in [7, 11) is 3.22. The molecule has 0 fully saturated rings. The van der Waals surface area contributed by atoms with Crippen LogP contribution < -0.4 is 14.8 Å². The Morgan fingerprint density at radius 2 is 1.95 bits per heavy atom. The van der Waals surface area contributed by atoms with Crippen molar-refractivity contribution in [3.05, 3.63) is 53.3 Å². The van der Waals surface area contributed by atoms with Crippen molar-refractivity contribution in [1.82, 2.24) is 10.3 Å². The van der Waals surface area contributed by atoms with Crippen molar-refractivity contribution in [2.45, 2.75) is 13.5 Å². The average molecular weight is 323 g/mol. The Bertz CT molecular complexity index is 633. The SMILES string of the molecule is COc1cc(CNC(=O)c2cccnc2)c(OC)cc1C.Cl. The quantitative estimate of drug-likeness (QED) is 0.919. The number of ether oxygens (including phenoxy) is 2. The van der Waals surface area contributed by atoms with Crippen LogP contribution in [0.5, 0.6) is 11.5 Å². The minimum absolute atomic E-state index is 0. The van der Waals surface area contributed by atoms with E-state index < -0.39 is 0 Å². The van der Waals surface area contributed by atoms with E-state index in [2.05, 4.69) is 10.3 Å². The number of aryl methyl sites for hydroxylation is 1. The van der Waals surface area contributed by atoms with Gasteiger partial charge in [0.05, 0.1) is 19.8 Å². The molecule has 0 aliphatic rings. The number of nitrogens with zero attached hydrogens (tertiary/aromatic N) is 1. The zero-order valence-corrected chi connectivity index (χ0v) is 13.6. The van der Waals surface area contributed by atoms with Gasteiger partial charge in [-0.3, -0.25) is 9.78 Å². The van der Waals surface area contributed by atoms with Gasteiger partial charge in [-0.05, 0) is 36.8 Å². The molecule has 0 spiro atoms. The molecule has 2 rings (SSSR count). The highest BCUT2D eigenvalue weighted by atomic mass is 35.5. The van der Waals surface area contributed by atoms with E-state index >= 15 is 0 Å². The summed E-state index contributed by atoms with van der Waals surface area (Å²) in [5, 5.41) is 2.85. The fourth-order valence-electron chi connectivity index (χ4n) is 2.03. The van der Waals surface area contributed by atoms with E-state index in [0.717, 1.165) is 22.6 Å². The summed E-state index contributed by atoms with van der Waals surface area (Å²) in [6.07, 6.45) is 3.16. The van der Waals surface area contributed by atoms with Gasteiger partial charge in [-0.2, -0.15) is 0 Å². The van der Waals surface area contributed by atoms with E-state index in [0.29, 0.717) is 12.1 Å². The summed E-state index contributed by atoms with van der Waals surface area (Å²) in [4.78, 5) is 15.9. The fourth-order valence-corrected chi connectivity index (χ4v) is 2.03. The van der Waals surface area contributed by atoms with Crippen molar-refractivity contribution in [1.29, 1.82) is 0 Å². The van der Waals surface area contributed by atoms with Crippen LogP contribution in [-0.2, 0) is 6.54 Å². The van der Waals surface area contributed by atoms with Gasteiger partial charge in [0.25, 0.3) is 5.91 Å². The molecule has 0 aliphatic heterocycles. The lowest BCUT2D eigenvalue weighted by molar-refractivity contribution is 0.0950. The second kappa shape index (κ2) is 8.24. The minimum Gasteiger partial charge on any atom is -0.496 e. The molecule has 6 heteroatoms. The number of amides is 1. The number of rotatable bonds is 5. The summed E-state index contributed by atoms with van der Waals surface area (Å²) < 4.78 is 10.6. The summed E-state index contributed by atoms with van der Waals surface area (Å²) in [6, 6.07) is 7.21. The lowest BCUT2D eigenvalue weighted by Gasteiger charge is -2.13. The highest BCUT2D eigenvalue weighted by molar-refractivity contribution is 5.93. The number of methoxy groups -OCH3 is 2. The molecule has 22 heavy (non-hydrogen) atoms. The second-order valence-corrected chi connectivity index (χ2v) is 4.56. The van der Waals surface area contributed by atoms with Crippen LogP contribution in [0.1, 0.15) is 21.5 Å². The van der Waals surface area contributed by atoms with Gasteiger partial charge in [0.1, 0.15) is 11.5 Å². The largest absolute Gasteiger partial charge is 0.496 e. The van der Waals surface area contributed by atoms with Crippen molar-refractivity contribution in [3.8, 4) is 11.5 Å². The summed E-state index contributed by atoms with van der Waals surface area (Å²) in [6.45, 7) is 2.30. The summed E-state index contributed by atoms with van der Waals surface area (Å²) in [5.74, 6) is 1.31. The Kier molecular flexibility index (Phi) is 6.66. The van der Waals surface area contributed by atoms with Gasteiger partial charge in [-0.1, -0.05) is 0 Å². The Labute approximate surface area is 136 Å². The van der Waals surface area contributed by atoms with Crippen molar-refractivity contribution < 1.29 is 14.3 Å². The molecule has 5 nitrogen and oxygen atoms in total. The number of carbonyl (C=O) groups excluding carboxylic acids is 1. The van der Waals surface area contributed by atoms with Crippen molar-refractivity contribution in [2.24, 2.45) is 0 Å². The van der Waals surface area contributed by atoms with E-state index in [1.807, 2.05) is 19.1 Å². The first-order valence-electron chi connectivity index (χ1n) is 6.55. The molecule has 0 aliphatic carbocycles. The number of aromatic nitrogens is 1. The van der Waals surface area contributed by atoms with Gasteiger partial charge < -0.3 is 14.8 Å². The lowest BCUT2D eigenvalue weighted by Crippen LogP contribution is -2.23. The molecule has 1 aromatic heterocycles. The van der Waals surface area contributed by atoms with Crippen LogP contribution in [0.2, 0.25) is 0 Å². The molecule has 118 valence electrons.